The van der Waals surface area contributed by atoms with Gasteiger partial charge in [-0.05, 0) is 43.8 Å². The zero-order chi connectivity index (χ0) is 14.5. The van der Waals surface area contributed by atoms with Crippen LogP contribution in [0.4, 0.5) is 20.2 Å². The van der Waals surface area contributed by atoms with E-state index in [9.17, 15) is 8.78 Å². The maximum Gasteiger partial charge on any atom is 0.150 e. The van der Waals surface area contributed by atoms with E-state index in [4.69, 9.17) is 0 Å². The molecule has 1 N–H and O–H groups in total. The molecule has 0 aliphatic rings. The average Bonchev–Trinajstić information content (AvgIpc) is 2.44. The third-order valence-electron chi connectivity index (χ3n) is 3.11. The molecule has 0 aromatic heterocycles. The Kier molecular flexibility index (Phi) is 4.69. The lowest BCUT2D eigenvalue weighted by Gasteiger charge is -2.24. The monoisotopic (exact) mass is 276 g/mol. The van der Waals surface area contributed by atoms with Crippen molar-refractivity contribution in [2.45, 2.75) is 13.5 Å². The molecule has 0 heterocycles. The van der Waals surface area contributed by atoms with Crippen LogP contribution in [0.1, 0.15) is 12.5 Å². The van der Waals surface area contributed by atoms with E-state index in [1.165, 1.54) is 12.1 Å². The van der Waals surface area contributed by atoms with Crippen LogP contribution in [0.25, 0.3) is 0 Å². The van der Waals surface area contributed by atoms with Crippen molar-refractivity contribution < 1.29 is 8.78 Å². The minimum atomic E-state index is -0.541. The zero-order valence-electron chi connectivity index (χ0n) is 11.7. The lowest BCUT2D eigenvalue weighted by Crippen LogP contribution is -2.19. The number of nitrogens with zero attached hydrogens (tertiary/aromatic N) is 1. The molecule has 0 unspecified atom stereocenters. The third kappa shape index (κ3) is 2.96. The third-order valence-corrected chi connectivity index (χ3v) is 3.11. The molecule has 0 amide bonds. The van der Waals surface area contributed by atoms with Crippen LogP contribution in [-0.2, 0) is 6.54 Å². The second-order valence-electron chi connectivity index (χ2n) is 4.52. The maximum atomic E-state index is 14.2. The fourth-order valence-electron chi connectivity index (χ4n) is 2.26. The quantitative estimate of drug-likeness (QED) is 0.892. The molecule has 0 atom stereocenters. The van der Waals surface area contributed by atoms with E-state index in [0.29, 0.717) is 18.7 Å². The normalized spacial score (nSPS) is 10.6. The first-order chi connectivity index (χ1) is 9.67. The van der Waals surface area contributed by atoms with Gasteiger partial charge in [-0.15, -0.1) is 0 Å². The number of benzene rings is 2. The summed E-state index contributed by atoms with van der Waals surface area (Å²) in [5.74, 6) is -1.08. The molecule has 2 aromatic carbocycles. The predicted molar refractivity (Wildman–Crippen MR) is 78.2 cm³/mol. The zero-order valence-corrected chi connectivity index (χ0v) is 11.7. The van der Waals surface area contributed by atoms with E-state index in [0.717, 1.165) is 5.69 Å². The highest BCUT2D eigenvalue weighted by molar-refractivity contribution is 5.64. The largest absolute Gasteiger partial charge is 0.337 e. The molecule has 0 radical (unpaired) electrons. The first-order valence-corrected chi connectivity index (χ1v) is 6.62. The Morgan fingerprint density at radius 2 is 1.65 bits per heavy atom. The molecule has 0 aliphatic carbocycles. The lowest BCUT2D eigenvalue weighted by atomic mass is 10.1. The Balaban J connectivity index is 2.45. The highest BCUT2D eigenvalue weighted by Gasteiger charge is 2.18. The van der Waals surface area contributed by atoms with Crippen LogP contribution in [0.15, 0.2) is 42.5 Å². The van der Waals surface area contributed by atoms with Gasteiger partial charge in [0.25, 0.3) is 0 Å². The van der Waals surface area contributed by atoms with Gasteiger partial charge in [-0.1, -0.05) is 18.2 Å². The summed E-state index contributed by atoms with van der Waals surface area (Å²) >= 11 is 0. The summed E-state index contributed by atoms with van der Waals surface area (Å²) in [6.45, 7) is 2.79. The van der Waals surface area contributed by atoms with Crippen molar-refractivity contribution in [3.63, 3.8) is 0 Å². The first kappa shape index (κ1) is 14.5. The Labute approximate surface area is 118 Å². The Hall–Kier alpha value is -1.94. The minimum absolute atomic E-state index is 0.00134. The molecule has 0 saturated carbocycles. The van der Waals surface area contributed by atoms with E-state index >= 15 is 0 Å². The highest BCUT2D eigenvalue weighted by atomic mass is 19.1. The van der Waals surface area contributed by atoms with Crippen LogP contribution >= 0.6 is 0 Å². The van der Waals surface area contributed by atoms with Gasteiger partial charge in [0.05, 0.1) is 0 Å². The van der Waals surface area contributed by atoms with Crippen molar-refractivity contribution in [3.8, 4) is 0 Å². The topological polar surface area (TPSA) is 15.3 Å². The van der Waals surface area contributed by atoms with E-state index < -0.39 is 11.6 Å². The molecule has 0 saturated heterocycles. The number of para-hydroxylation sites is 1. The molecule has 0 aliphatic heterocycles. The van der Waals surface area contributed by atoms with Crippen LogP contribution in [0.2, 0.25) is 0 Å². The summed E-state index contributed by atoms with van der Waals surface area (Å²) in [5, 5.41) is 2.89. The van der Waals surface area contributed by atoms with Crippen LogP contribution in [0, 0.1) is 11.6 Å². The fraction of sp³-hybridized carbons (Fsp3) is 0.250. The van der Waals surface area contributed by atoms with E-state index in [-0.39, 0.29) is 5.69 Å². The van der Waals surface area contributed by atoms with Crippen molar-refractivity contribution in [1.82, 2.24) is 5.32 Å². The van der Waals surface area contributed by atoms with E-state index in [1.54, 1.807) is 11.9 Å². The van der Waals surface area contributed by atoms with Crippen molar-refractivity contribution in [2.24, 2.45) is 0 Å². The van der Waals surface area contributed by atoms with Crippen molar-refractivity contribution >= 4 is 11.4 Å². The van der Waals surface area contributed by atoms with Crippen molar-refractivity contribution in [2.75, 3.05) is 18.5 Å². The highest BCUT2D eigenvalue weighted by Crippen LogP contribution is 2.31. The molecule has 0 bridgehead atoms. The van der Waals surface area contributed by atoms with Gasteiger partial charge in [0.15, 0.2) is 0 Å². The van der Waals surface area contributed by atoms with E-state index in [1.807, 2.05) is 37.3 Å². The number of hydrogen-bond donors (Lipinski definition) is 1. The number of hydrogen-bond acceptors (Lipinski definition) is 2. The second-order valence-corrected chi connectivity index (χ2v) is 4.52. The van der Waals surface area contributed by atoms with Gasteiger partial charge in [-0.2, -0.15) is 0 Å². The molecule has 4 heteroatoms. The second kappa shape index (κ2) is 6.48. The maximum absolute atomic E-state index is 14.2. The fourth-order valence-corrected chi connectivity index (χ4v) is 2.26. The van der Waals surface area contributed by atoms with Gasteiger partial charge in [-0.3, -0.25) is 0 Å². The molecule has 0 fully saturated rings. The number of nitrogens with one attached hydrogen (secondary N) is 1. The lowest BCUT2D eigenvalue weighted by molar-refractivity contribution is 0.576. The number of halogens is 2. The standard InChI is InChI=1S/C16H18F2N2/c1-3-20(13-7-5-4-6-8-13)16-14(17)9-12(11-19-2)10-15(16)18/h4-10,19H,3,11H2,1-2H3. The van der Waals surface area contributed by atoms with Gasteiger partial charge in [0.1, 0.15) is 17.3 Å². The molecule has 106 valence electrons. The first-order valence-electron chi connectivity index (χ1n) is 6.62. The minimum Gasteiger partial charge on any atom is -0.337 e. The summed E-state index contributed by atoms with van der Waals surface area (Å²) in [5.41, 5.74) is 1.36. The average molecular weight is 276 g/mol. The smallest absolute Gasteiger partial charge is 0.150 e. The summed E-state index contributed by atoms with van der Waals surface area (Å²) < 4.78 is 28.5. The molecular formula is C16H18F2N2. The van der Waals surface area contributed by atoms with Gasteiger partial charge in [0.2, 0.25) is 0 Å². The van der Waals surface area contributed by atoms with E-state index in [2.05, 4.69) is 5.32 Å². The Bertz CT molecular complexity index is 547. The molecule has 2 nitrogen and oxygen atoms in total. The summed E-state index contributed by atoms with van der Waals surface area (Å²) in [4.78, 5) is 1.63. The van der Waals surface area contributed by atoms with Crippen LogP contribution in [0.3, 0.4) is 0 Å². The van der Waals surface area contributed by atoms with Gasteiger partial charge >= 0.3 is 0 Å². The SMILES string of the molecule is CCN(c1ccccc1)c1c(F)cc(CNC)cc1F. The van der Waals surface area contributed by atoms with Crippen molar-refractivity contribution in [1.29, 1.82) is 0 Å². The Morgan fingerprint density at radius 1 is 1.05 bits per heavy atom. The Morgan fingerprint density at radius 3 is 2.15 bits per heavy atom. The predicted octanol–water partition coefficient (Wildman–Crippen LogP) is 3.84. The molecule has 20 heavy (non-hydrogen) atoms. The molecule has 0 spiro atoms. The van der Waals surface area contributed by atoms with Crippen molar-refractivity contribution in [3.05, 3.63) is 59.7 Å². The number of anilines is 2. The van der Waals surface area contributed by atoms with Crippen LogP contribution in [0.5, 0.6) is 0 Å². The molecular weight excluding hydrogens is 258 g/mol. The van der Waals surface area contributed by atoms with Gasteiger partial charge in [-0.25, -0.2) is 8.78 Å². The van der Waals surface area contributed by atoms with Crippen LogP contribution < -0.4 is 10.2 Å². The summed E-state index contributed by atoms with van der Waals surface area (Å²) in [6, 6.07) is 12.0. The molecule has 2 rings (SSSR count). The summed E-state index contributed by atoms with van der Waals surface area (Å²) in [6.07, 6.45) is 0. The number of rotatable bonds is 5. The van der Waals surface area contributed by atoms with Gasteiger partial charge in [0, 0.05) is 18.8 Å². The van der Waals surface area contributed by atoms with Crippen LogP contribution in [-0.4, -0.2) is 13.6 Å². The van der Waals surface area contributed by atoms with Gasteiger partial charge < -0.3 is 10.2 Å². The molecule has 2 aromatic rings. The summed E-state index contributed by atoms with van der Waals surface area (Å²) in [7, 11) is 1.74.